The van der Waals surface area contributed by atoms with Crippen LogP contribution in [-0.2, 0) is 0 Å². The van der Waals surface area contributed by atoms with E-state index in [1.165, 1.54) is 0 Å². The molecule has 0 atom stereocenters. The second kappa shape index (κ2) is 4.17. The first-order chi connectivity index (χ1) is 5.38. The summed E-state index contributed by atoms with van der Waals surface area (Å²) in [6, 6.07) is 0. The molecule has 0 aromatic rings. The standard InChI is InChI=1S/C11H15/c1-3-6-10-8-5-9-11(10)7-4-2/h3-5H,1-2,6-9H2. The molecule has 0 aromatic carbocycles. The van der Waals surface area contributed by atoms with Crippen LogP contribution >= 0.6 is 0 Å². The van der Waals surface area contributed by atoms with E-state index in [-0.39, 0.29) is 0 Å². The minimum Gasteiger partial charge on any atom is -0.103 e. The Morgan fingerprint density at radius 3 is 1.91 bits per heavy atom. The van der Waals surface area contributed by atoms with Gasteiger partial charge in [-0.15, -0.1) is 13.2 Å². The third-order valence-corrected chi connectivity index (χ3v) is 2.06. The van der Waals surface area contributed by atoms with Crippen molar-refractivity contribution in [2.75, 3.05) is 0 Å². The van der Waals surface area contributed by atoms with Gasteiger partial charge in [0.25, 0.3) is 0 Å². The Bertz CT molecular complexity index is 164. The van der Waals surface area contributed by atoms with Crippen LogP contribution in [0.15, 0.2) is 36.5 Å². The molecular weight excluding hydrogens is 132 g/mol. The molecule has 1 rings (SSSR count). The molecule has 0 spiro atoms. The van der Waals surface area contributed by atoms with Crippen LogP contribution in [0.25, 0.3) is 0 Å². The topological polar surface area (TPSA) is 0 Å². The van der Waals surface area contributed by atoms with Crippen LogP contribution in [0.3, 0.4) is 0 Å². The Kier molecular flexibility index (Phi) is 3.15. The normalized spacial score (nSPS) is 17.1. The maximum absolute atomic E-state index is 3.74. The first-order valence-corrected chi connectivity index (χ1v) is 4.11. The Balaban J connectivity index is 2.60. The minimum absolute atomic E-state index is 1.06. The third-order valence-electron chi connectivity index (χ3n) is 2.06. The first kappa shape index (κ1) is 8.32. The molecule has 0 fully saturated rings. The highest BCUT2D eigenvalue weighted by Crippen LogP contribution is 2.29. The number of hydrogen-bond acceptors (Lipinski definition) is 0. The molecule has 59 valence electrons. The van der Waals surface area contributed by atoms with E-state index in [2.05, 4.69) is 19.6 Å². The van der Waals surface area contributed by atoms with Crippen molar-refractivity contribution >= 4 is 0 Å². The molecule has 0 unspecified atom stereocenters. The number of rotatable bonds is 4. The molecule has 0 bridgehead atoms. The largest absolute Gasteiger partial charge is 0.103 e. The van der Waals surface area contributed by atoms with Gasteiger partial charge in [-0.1, -0.05) is 23.3 Å². The molecule has 0 amide bonds. The van der Waals surface area contributed by atoms with Gasteiger partial charge < -0.3 is 0 Å². The summed E-state index contributed by atoms with van der Waals surface area (Å²) in [4.78, 5) is 0. The zero-order valence-corrected chi connectivity index (χ0v) is 6.97. The van der Waals surface area contributed by atoms with Gasteiger partial charge in [-0.05, 0) is 32.1 Å². The van der Waals surface area contributed by atoms with Gasteiger partial charge in [-0.2, -0.15) is 0 Å². The van der Waals surface area contributed by atoms with Crippen molar-refractivity contribution in [3.05, 3.63) is 42.9 Å². The predicted molar refractivity (Wildman–Crippen MR) is 50.2 cm³/mol. The first-order valence-electron chi connectivity index (χ1n) is 4.11. The average Bonchev–Trinajstić information content (AvgIpc) is 2.39. The zero-order valence-electron chi connectivity index (χ0n) is 6.97. The SMILES string of the molecule is C=CCC1=C(CC=C)C[CH]C1. The molecule has 1 aliphatic rings. The molecule has 0 N–H and O–H groups in total. The molecule has 0 heteroatoms. The molecular formula is C11H15. The van der Waals surface area contributed by atoms with Crippen molar-refractivity contribution in [3.63, 3.8) is 0 Å². The van der Waals surface area contributed by atoms with Crippen LogP contribution in [0, 0.1) is 6.42 Å². The van der Waals surface area contributed by atoms with Gasteiger partial charge in [-0.3, -0.25) is 0 Å². The van der Waals surface area contributed by atoms with Crippen molar-refractivity contribution in [2.24, 2.45) is 0 Å². The van der Waals surface area contributed by atoms with Gasteiger partial charge in [0, 0.05) is 0 Å². The number of allylic oxidation sites excluding steroid dienone is 4. The van der Waals surface area contributed by atoms with E-state index in [0.29, 0.717) is 0 Å². The highest BCUT2D eigenvalue weighted by Gasteiger charge is 2.11. The Morgan fingerprint density at radius 1 is 1.09 bits per heavy atom. The van der Waals surface area contributed by atoms with Crippen molar-refractivity contribution < 1.29 is 0 Å². The van der Waals surface area contributed by atoms with E-state index in [4.69, 9.17) is 0 Å². The van der Waals surface area contributed by atoms with Crippen LogP contribution in [0.1, 0.15) is 25.7 Å². The van der Waals surface area contributed by atoms with Crippen molar-refractivity contribution in [3.8, 4) is 0 Å². The Labute approximate surface area is 69.3 Å². The lowest BCUT2D eigenvalue weighted by atomic mass is 10.1. The van der Waals surface area contributed by atoms with Crippen LogP contribution in [-0.4, -0.2) is 0 Å². The van der Waals surface area contributed by atoms with Crippen LogP contribution in [0.5, 0.6) is 0 Å². The van der Waals surface area contributed by atoms with E-state index < -0.39 is 0 Å². The molecule has 11 heavy (non-hydrogen) atoms. The smallest absolute Gasteiger partial charge is 0.0139 e. The summed E-state index contributed by atoms with van der Waals surface area (Å²) < 4.78 is 0. The lowest BCUT2D eigenvalue weighted by Crippen LogP contribution is -1.80. The lowest BCUT2D eigenvalue weighted by molar-refractivity contribution is 1.08. The molecule has 0 aromatic heterocycles. The van der Waals surface area contributed by atoms with Gasteiger partial charge in [0.05, 0.1) is 0 Å². The Hall–Kier alpha value is -0.780. The highest BCUT2D eigenvalue weighted by molar-refractivity contribution is 5.27. The minimum atomic E-state index is 1.06. The number of hydrogen-bond donors (Lipinski definition) is 0. The maximum Gasteiger partial charge on any atom is -0.0139 e. The van der Waals surface area contributed by atoms with E-state index >= 15 is 0 Å². The van der Waals surface area contributed by atoms with E-state index in [0.717, 1.165) is 25.7 Å². The summed E-state index contributed by atoms with van der Waals surface area (Å²) in [6.07, 6.45) is 10.7. The van der Waals surface area contributed by atoms with Crippen molar-refractivity contribution in [1.29, 1.82) is 0 Å². The molecule has 0 saturated heterocycles. The quantitative estimate of drug-likeness (QED) is 0.534. The fourth-order valence-corrected chi connectivity index (χ4v) is 1.51. The summed E-state index contributed by atoms with van der Waals surface area (Å²) in [7, 11) is 0. The second-order valence-electron chi connectivity index (χ2n) is 2.89. The molecule has 0 heterocycles. The maximum atomic E-state index is 3.74. The lowest BCUT2D eigenvalue weighted by Gasteiger charge is -2.00. The van der Waals surface area contributed by atoms with E-state index in [1.54, 1.807) is 11.1 Å². The molecule has 1 aliphatic carbocycles. The van der Waals surface area contributed by atoms with Crippen molar-refractivity contribution in [1.82, 2.24) is 0 Å². The van der Waals surface area contributed by atoms with Crippen LogP contribution < -0.4 is 0 Å². The van der Waals surface area contributed by atoms with E-state index in [1.807, 2.05) is 12.2 Å². The zero-order chi connectivity index (χ0) is 8.10. The van der Waals surface area contributed by atoms with Gasteiger partial charge >= 0.3 is 0 Å². The van der Waals surface area contributed by atoms with Gasteiger partial charge in [0.15, 0.2) is 0 Å². The van der Waals surface area contributed by atoms with Gasteiger partial charge in [0.1, 0.15) is 0 Å². The van der Waals surface area contributed by atoms with Crippen LogP contribution in [0.4, 0.5) is 0 Å². The third kappa shape index (κ3) is 2.07. The summed E-state index contributed by atoms with van der Waals surface area (Å²) in [5.41, 5.74) is 3.11. The fraction of sp³-hybridized carbons (Fsp3) is 0.364. The monoisotopic (exact) mass is 147 g/mol. The Morgan fingerprint density at radius 2 is 1.55 bits per heavy atom. The summed E-state index contributed by atoms with van der Waals surface area (Å²) >= 11 is 0. The van der Waals surface area contributed by atoms with Crippen LogP contribution in [0.2, 0.25) is 0 Å². The van der Waals surface area contributed by atoms with Crippen molar-refractivity contribution in [2.45, 2.75) is 25.7 Å². The van der Waals surface area contributed by atoms with Gasteiger partial charge in [-0.25, -0.2) is 0 Å². The second-order valence-corrected chi connectivity index (χ2v) is 2.89. The van der Waals surface area contributed by atoms with Gasteiger partial charge in [0.2, 0.25) is 0 Å². The summed E-state index contributed by atoms with van der Waals surface area (Å²) in [6.45, 7) is 7.49. The fourth-order valence-electron chi connectivity index (χ4n) is 1.51. The van der Waals surface area contributed by atoms with E-state index in [9.17, 15) is 0 Å². The summed E-state index contributed by atoms with van der Waals surface area (Å²) in [5, 5.41) is 0. The summed E-state index contributed by atoms with van der Waals surface area (Å²) in [5.74, 6) is 0. The predicted octanol–water partition coefficient (Wildman–Crippen LogP) is 3.43. The molecule has 0 saturated carbocycles. The molecule has 0 aliphatic heterocycles. The highest BCUT2D eigenvalue weighted by atomic mass is 14.2. The molecule has 0 nitrogen and oxygen atoms in total. The molecule has 1 radical (unpaired) electrons. The average molecular weight is 147 g/mol.